The Kier molecular flexibility index (Phi) is 5.22. The van der Waals surface area contributed by atoms with E-state index in [0.29, 0.717) is 17.1 Å². The lowest BCUT2D eigenvalue weighted by Crippen LogP contribution is -1.89. The number of hydrogen-bond acceptors (Lipinski definition) is 4. The van der Waals surface area contributed by atoms with Gasteiger partial charge in [-0.1, -0.05) is 72.8 Å². The Hall–Kier alpha value is -4.10. The molecule has 0 aliphatic carbocycles. The van der Waals surface area contributed by atoms with Gasteiger partial charge in [0.2, 0.25) is 5.88 Å². The summed E-state index contributed by atoms with van der Waals surface area (Å²) >= 11 is 0. The molecule has 4 rings (SSSR count). The maximum absolute atomic E-state index is 9.91. The van der Waals surface area contributed by atoms with Crippen LogP contribution >= 0.6 is 0 Å². The summed E-state index contributed by atoms with van der Waals surface area (Å²) in [5, 5.41) is 9.91. The normalized spacial score (nSPS) is 10.8. The number of para-hydroxylation sites is 1. The number of aliphatic imine (C=N–C) groups is 1. The lowest BCUT2D eigenvalue weighted by atomic mass is 9.98. The molecule has 1 heterocycles. The van der Waals surface area contributed by atoms with Crippen LogP contribution < -0.4 is 4.74 Å². The molecule has 0 amide bonds. The van der Waals surface area contributed by atoms with Gasteiger partial charge in [0.15, 0.2) is 0 Å². The van der Waals surface area contributed by atoms with Crippen LogP contribution in [0.15, 0.2) is 94.3 Å². The molecule has 4 nitrogen and oxygen atoms in total. The lowest BCUT2D eigenvalue weighted by molar-refractivity contribution is 0.414. The van der Waals surface area contributed by atoms with Gasteiger partial charge in [-0.15, -0.1) is 0 Å². The van der Waals surface area contributed by atoms with E-state index in [-0.39, 0.29) is 5.88 Å². The van der Waals surface area contributed by atoms with Crippen LogP contribution in [0.1, 0.15) is 11.1 Å². The zero-order valence-electron chi connectivity index (χ0n) is 15.9. The number of nitrogens with zero attached hydrogens (tertiary/aromatic N) is 2. The Morgan fingerprint density at radius 3 is 2.14 bits per heavy atom. The Balaban J connectivity index is 1.89. The van der Waals surface area contributed by atoms with Crippen LogP contribution in [0.3, 0.4) is 0 Å². The molecule has 0 spiro atoms. The average Bonchev–Trinajstić information content (AvgIpc) is 3.17. The molecule has 0 fully saturated rings. The van der Waals surface area contributed by atoms with Crippen LogP contribution in [0.4, 0.5) is 5.88 Å². The zero-order chi connectivity index (χ0) is 20.1. The molecule has 4 heteroatoms. The molecule has 1 aromatic heterocycles. The van der Waals surface area contributed by atoms with Crippen molar-refractivity contribution in [1.82, 2.24) is 0 Å². The van der Waals surface area contributed by atoms with Crippen molar-refractivity contribution in [3.63, 3.8) is 0 Å². The van der Waals surface area contributed by atoms with E-state index in [0.717, 1.165) is 22.3 Å². The molecular weight excluding hydrogens is 360 g/mol. The largest absolute Gasteiger partial charge is 0.496 e. The zero-order valence-corrected chi connectivity index (χ0v) is 15.9. The Morgan fingerprint density at radius 1 is 0.862 bits per heavy atom. The van der Waals surface area contributed by atoms with E-state index >= 15 is 0 Å². The van der Waals surface area contributed by atoms with Crippen LogP contribution in [0.2, 0.25) is 0 Å². The fourth-order valence-corrected chi connectivity index (χ4v) is 3.19. The van der Waals surface area contributed by atoms with Crippen LogP contribution in [0, 0.1) is 11.3 Å². The highest BCUT2D eigenvalue weighted by atomic mass is 16.5. The predicted molar refractivity (Wildman–Crippen MR) is 115 cm³/mol. The van der Waals surface area contributed by atoms with Crippen molar-refractivity contribution < 1.29 is 9.15 Å². The van der Waals surface area contributed by atoms with Gasteiger partial charge in [0.1, 0.15) is 23.1 Å². The highest BCUT2D eigenvalue weighted by molar-refractivity contribution is 5.90. The number of nitriles is 1. The Bertz CT molecular complexity index is 1190. The minimum absolute atomic E-state index is 0.274. The van der Waals surface area contributed by atoms with Crippen LogP contribution in [0.5, 0.6) is 5.75 Å². The third-order valence-corrected chi connectivity index (χ3v) is 4.56. The molecule has 0 saturated carbocycles. The van der Waals surface area contributed by atoms with E-state index < -0.39 is 0 Å². The van der Waals surface area contributed by atoms with Crippen molar-refractivity contribution in [2.45, 2.75) is 0 Å². The van der Waals surface area contributed by atoms with Gasteiger partial charge in [-0.2, -0.15) is 5.26 Å². The molecule has 0 atom stereocenters. The number of benzene rings is 3. The lowest BCUT2D eigenvalue weighted by Gasteiger charge is -2.03. The minimum Gasteiger partial charge on any atom is -0.496 e. The van der Waals surface area contributed by atoms with Gasteiger partial charge >= 0.3 is 0 Å². The van der Waals surface area contributed by atoms with Crippen molar-refractivity contribution in [3.8, 4) is 34.3 Å². The molecule has 0 N–H and O–H groups in total. The molecule has 29 heavy (non-hydrogen) atoms. The molecule has 0 aliphatic heterocycles. The second-order valence-corrected chi connectivity index (χ2v) is 6.33. The number of ether oxygens (including phenoxy) is 1. The summed E-state index contributed by atoms with van der Waals surface area (Å²) in [6.45, 7) is 0. The summed E-state index contributed by atoms with van der Waals surface area (Å²) in [7, 11) is 1.61. The van der Waals surface area contributed by atoms with E-state index in [1.165, 1.54) is 0 Å². The van der Waals surface area contributed by atoms with Crippen LogP contribution in [0.25, 0.3) is 22.5 Å². The first-order valence-corrected chi connectivity index (χ1v) is 9.16. The van der Waals surface area contributed by atoms with Crippen molar-refractivity contribution >= 4 is 12.1 Å². The first kappa shape index (κ1) is 18.3. The van der Waals surface area contributed by atoms with Crippen LogP contribution in [-0.4, -0.2) is 13.3 Å². The van der Waals surface area contributed by atoms with Gasteiger partial charge in [-0.05, 0) is 17.7 Å². The molecule has 0 saturated heterocycles. The van der Waals surface area contributed by atoms with Gasteiger partial charge in [0.05, 0.1) is 7.11 Å². The molecule has 4 aromatic rings. The first-order valence-electron chi connectivity index (χ1n) is 9.16. The summed E-state index contributed by atoms with van der Waals surface area (Å²) in [5.41, 5.74) is 3.75. The van der Waals surface area contributed by atoms with Crippen molar-refractivity contribution in [3.05, 3.63) is 96.1 Å². The number of furan rings is 1. The second kappa shape index (κ2) is 8.28. The van der Waals surface area contributed by atoms with E-state index in [1.54, 1.807) is 13.3 Å². The summed E-state index contributed by atoms with van der Waals surface area (Å²) in [6.07, 6.45) is 1.65. The van der Waals surface area contributed by atoms with Crippen molar-refractivity contribution in [1.29, 1.82) is 5.26 Å². The van der Waals surface area contributed by atoms with Gasteiger partial charge in [-0.3, -0.25) is 0 Å². The highest BCUT2D eigenvalue weighted by Gasteiger charge is 2.22. The standard InChI is InChI=1S/C25H18N2O2/c1-28-22-15-9-8-14-20(22)17-27-25-21(16-26)23(18-10-4-2-5-11-18)24(29-25)19-12-6-3-7-13-19/h2-15,17H,1H3/b27-17+. The summed E-state index contributed by atoms with van der Waals surface area (Å²) in [5.74, 6) is 1.60. The van der Waals surface area contributed by atoms with Crippen molar-refractivity contribution in [2.24, 2.45) is 4.99 Å². The minimum atomic E-state index is 0.274. The monoisotopic (exact) mass is 378 g/mol. The van der Waals surface area contributed by atoms with Gasteiger partial charge in [0.25, 0.3) is 0 Å². The molecule has 0 bridgehead atoms. The second-order valence-electron chi connectivity index (χ2n) is 6.33. The summed E-state index contributed by atoms with van der Waals surface area (Å²) < 4.78 is 11.5. The number of methoxy groups -OCH3 is 1. The van der Waals surface area contributed by atoms with E-state index in [1.807, 2.05) is 84.9 Å². The number of hydrogen-bond donors (Lipinski definition) is 0. The third-order valence-electron chi connectivity index (χ3n) is 4.56. The Labute approximate surface area is 169 Å². The Morgan fingerprint density at radius 2 is 1.48 bits per heavy atom. The van der Waals surface area contributed by atoms with Gasteiger partial charge in [-0.25, -0.2) is 4.99 Å². The maximum Gasteiger partial charge on any atom is 0.238 e. The van der Waals surface area contributed by atoms with Gasteiger partial charge < -0.3 is 9.15 Å². The fraction of sp³-hybridized carbons (Fsp3) is 0.0400. The molecule has 140 valence electrons. The number of rotatable bonds is 5. The van der Waals surface area contributed by atoms with Gasteiger partial charge in [0, 0.05) is 22.9 Å². The van der Waals surface area contributed by atoms with E-state index in [9.17, 15) is 5.26 Å². The average molecular weight is 378 g/mol. The fourth-order valence-electron chi connectivity index (χ4n) is 3.19. The maximum atomic E-state index is 9.91. The quantitative estimate of drug-likeness (QED) is 0.386. The molecular formula is C25H18N2O2. The molecule has 0 radical (unpaired) electrons. The SMILES string of the molecule is COc1ccccc1/C=N/c1oc(-c2ccccc2)c(-c2ccccc2)c1C#N. The smallest absolute Gasteiger partial charge is 0.238 e. The summed E-state index contributed by atoms with van der Waals surface area (Å²) in [4.78, 5) is 4.49. The van der Waals surface area contributed by atoms with Crippen LogP contribution in [-0.2, 0) is 0 Å². The molecule has 0 aliphatic rings. The predicted octanol–water partition coefficient (Wildman–Crippen LogP) is 6.24. The topological polar surface area (TPSA) is 58.5 Å². The third kappa shape index (κ3) is 3.67. The molecule has 0 unspecified atom stereocenters. The highest BCUT2D eigenvalue weighted by Crippen LogP contribution is 2.42. The first-order chi connectivity index (χ1) is 14.3. The molecule has 3 aromatic carbocycles. The van der Waals surface area contributed by atoms with Crippen molar-refractivity contribution in [2.75, 3.05) is 7.11 Å². The van der Waals surface area contributed by atoms with E-state index in [2.05, 4.69) is 11.1 Å². The summed E-state index contributed by atoms with van der Waals surface area (Å²) in [6, 6.07) is 29.3. The van der Waals surface area contributed by atoms with E-state index in [4.69, 9.17) is 9.15 Å².